The molecule has 1 fully saturated rings. The second-order valence-corrected chi connectivity index (χ2v) is 7.09. The number of nitrogens with one attached hydrogen (secondary N) is 1. The Labute approximate surface area is 113 Å². The van der Waals surface area contributed by atoms with E-state index < -0.39 is 0 Å². The minimum atomic E-state index is 0.792. The first-order chi connectivity index (χ1) is 8.63. The van der Waals surface area contributed by atoms with Crippen molar-refractivity contribution in [3.8, 4) is 0 Å². The van der Waals surface area contributed by atoms with Crippen molar-refractivity contribution in [2.45, 2.75) is 59.3 Å². The Kier molecular flexibility index (Phi) is 5.29. The lowest BCUT2D eigenvalue weighted by molar-refractivity contribution is 0.266. The molecule has 0 amide bonds. The van der Waals surface area contributed by atoms with Crippen LogP contribution in [0.3, 0.4) is 0 Å². The monoisotopic (exact) mass is 249 g/mol. The Morgan fingerprint density at radius 1 is 1.11 bits per heavy atom. The summed E-state index contributed by atoms with van der Waals surface area (Å²) in [5.41, 5.74) is 1.60. The molecule has 1 nitrogen and oxygen atoms in total. The van der Waals surface area contributed by atoms with Gasteiger partial charge in [-0.25, -0.2) is 0 Å². The zero-order chi connectivity index (χ0) is 13.0. The van der Waals surface area contributed by atoms with Crippen LogP contribution in [0.4, 0.5) is 0 Å². The van der Waals surface area contributed by atoms with E-state index in [2.05, 4.69) is 32.2 Å². The van der Waals surface area contributed by atoms with Crippen LogP contribution in [0.1, 0.15) is 59.3 Å². The van der Waals surface area contributed by atoms with Crippen LogP contribution in [0.25, 0.3) is 0 Å². The summed E-state index contributed by atoms with van der Waals surface area (Å²) in [5.74, 6) is 3.59. The zero-order valence-corrected chi connectivity index (χ0v) is 12.5. The van der Waals surface area contributed by atoms with E-state index in [0.717, 1.165) is 23.7 Å². The maximum atomic E-state index is 3.76. The Morgan fingerprint density at radius 2 is 1.89 bits per heavy atom. The van der Waals surface area contributed by atoms with E-state index in [-0.39, 0.29) is 0 Å². The van der Waals surface area contributed by atoms with Crippen LogP contribution < -0.4 is 5.32 Å². The fourth-order valence-corrected chi connectivity index (χ4v) is 4.08. The summed E-state index contributed by atoms with van der Waals surface area (Å²) in [7, 11) is 0. The van der Waals surface area contributed by atoms with Gasteiger partial charge in [0, 0.05) is 0 Å². The van der Waals surface area contributed by atoms with Gasteiger partial charge in [-0.3, -0.25) is 0 Å². The van der Waals surface area contributed by atoms with Gasteiger partial charge >= 0.3 is 0 Å². The van der Waals surface area contributed by atoms with Crippen LogP contribution in [0.2, 0.25) is 0 Å². The van der Waals surface area contributed by atoms with Gasteiger partial charge in [-0.05, 0) is 69.4 Å². The molecule has 1 N–H and O–H groups in total. The van der Waals surface area contributed by atoms with Gasteiger partial charge in [-0.1, -0.05) is 38.3 Å². The van der Waals surface area contributed by atoms with Crippen LogP contribution in [-0.4, -0.2) is 13.1 Å². The van der Waals surface area contributed by atoms with Gasteiger partial charge in [0.25, 0.3) is 0 Å². The van der Waals surface area contributed by atoms with Crippen LogP contribution in [0.5, 0.6) is 0 Å². The lowest BCUT2D eigenvalue weighted by Crippen LogP contribution is -2.31. The van der Waals surface area contributed by atoms with E-state index in [1.54, 1.807) is 5.57 Å². The summed E-state index contributed by atoms with van der Waals surface area (Å²) in [6, 6.07) is 0. The van der Waals surface area contributed by atoms with Crippen molar-refractivity contribution in [1.82, 2.24) is 5.32 Å². The molecule has 0 spiro atoms. The third kappa shape index (κ3) is 4.42. The zero-order valence-electron chi connectivity index (χ0n) is 12.5. The molecule has 1 heteroatoms. The number of rotatable bonds is 4. The molecule has 4 atom stereocenters. The number of hydrogen-bond acceptors (Lipinski definition) is 1. The molecule has 4 unspecified atom stereocenters. The van der Waals surface area contributed by atoms with Crippen molar-refractivity contribution in [3.63, 3.8) is 0 Å². The van der Waals surface area contributed by atoms with E-state index in [0.29, 0.717) is 0 Å². The van der Waals surface area contributed by atoms with E-state index in [1.807, 2.05) is 0 Å². The summed E-state index contributed by atoms with van der Waals surface area (Å²) < 4.78 is 0. The third-order valence-corrected chi connectivity index (χ3v) is 4.80. The van der Waals surface area contributed by atoms with E-state index in [4.69, 9.17) is 0 Å². The van der Waals surface area contributed by atoms with Crippen molar-refractivity contribution >= 4 is 0 Å². The molecule has 0 aliphatic heterocycles. The molecule has 0 bridgehead atoms. The Hall–Kier alpha value is -0.300. The van der Waals surface area contributed by atoms with Gasteiger partial charge < -0.3 is 5.32 Å². The smallest absolute Gasteiger partial charge is 0.00171 e. The number of hydrogen-bond donors (Lipinski definition) is 1. The maximum absolute atomic E-state index is 3.76. The topological polar surface area (TPSA) is 12.0 Å². The van der Waals surface area contributed by atoms with Crippen molar-refractivity contribution in [1.29, 1.82) is 0 Å². The minimum absolute atomic E-state index is 0.792. The van der Waals surface area contributed by atoms with E-state index >= 15 is 0 Å². The van der Waals surface area contributed by atoms with Crippen molar-refractivity contribution in [2.24, 2.45) is 23.7 Å². The SMILES string of the molecule is CC1=CC(C)CC(CNCC2CCCC(C)C2)C1. The fourth-order valence-electron chi connectivity index (χ4n) is 4.08. The summed E-state index contributed by atoms with van der Waals surface area (Å²) in [6.45, 7) is 9.57. The Morgan fingerprint density at radius 3 is 2.61 bits per heavy atom. The molecule has 1 saturated carbocycles. The van der Waals surface area contributed by atoms with Crippen molar-refractivity contribution in [3.05, 3.63) is 11.6 Å². The van der Waals surface area contributed by atoms with E-state index in [1.165, 1.54) is 51.6 Å². The number of allylic oxidation sites excluding steroid dienone is 2. The van der Waals surface area contributed by atoms with E-state index in [9.17, 15) is 0 Å². The Balaban J connectivity index is 1.65. The van der Waals surface area contributed by atoms with Crippen LogP contribution >= 0.6 is 0 Å². The molecule has 2 aliphatic carbocycles. The standard InChI is InChI=1S/C17H31N/c1-13-5-4-6-16(8-13)11-18-12-17-9-14(2)7-15(3)10-17/h7,13-14,16-18H,4-6,8-12H2,1-3H3. The molecule has 0 aromatic heterocycles. The molecule has 18 heavy (non-hydrogen) atoms. The predicted octanol–water partition coefficient (Wildman–Crippen LogP) is 4.39. The lowest BCUT2D eigenvalue weighted by atomic mass is 9.82. The molecule has 0 aromatic rings. The van der Waals surface area contributed by atoms with Crippen LogP contribution in [-0.2, 0) is 0 Å². The van der Waals surface area contributed by atoms with Gasteiger partial charge in [0.05, 0.1) is 0 Å². The average molecular weight is 249 g/mol. The first-order valence-corrected chi connectivity index (χ1v) is 8.01. The molecule has 2 aliphatic rings. The largest absolute Gasteiger partial charge is 0.316 e. The summed E-state index contributed by atoms with van der Waals surface area (Å²) in [6.07, 6.45) is 11.0. The van der Waals surface area contributed by atoms with Gasteiger partial charge in [0.15, 0.2) is 0 Å². The van der Waals surface area contributed by atoms with Crippen molar-refractivity contribution in [2.75, 3.05) is 13.1 Å². The van der Waals surface area contributed by atoms with Gasteiger partial charge in [0.2, 0.25) is 0 Å². The molecule has 104 valence electrons. The molecular weight excluding hydrogens is 218 g/mol. The molecule has 0 saturated heterocycles. The maximum Gasteiger partial charge on any atom is -0.00171 e. The highest BCUT2D eigenvalue weighted by molar-refractivity contribution is 5.06. The average Bonchev–Trinajstić information content (AvgIpc) is 2.27. The fraction of sp³-hybridized carbons (Fsp3) is 0.882. The van der Waals surface area contributed by atoms with Gasteiger partial charge in [-0.15, -0.1) is 0 Å². The highest BCUT2D eigenvalue weighted by atomic mass is 14.9. The highest BCUT2D eigenvalue weighted by Crippen LogP contribution is 2.29. The van der Waals surface area contributed by atoms with Crippen LogP contribution in [0, 0.1) is 23.7 Å². The Bertz CT molecular complexity index is 281. The molecule has 0 radical (unpaired) electrons. The molecule has 0 aromatic carbocycles. The second-order valence-electron chi connectivity index (χ2n) is 7.09. The van der Waals surface area contributed by atoms with Crippen molar-refractivity contribution < 1.29 is 0 Å². The minimum Gasteiger partial charge on any atom is -0.316 e. The lowest BCUT2D eigenvalue weighted by Gasteiger charge is -2.29. The summed E-state index contributed by atoms with van der Waals surface area (Å²) in [5, 5.41) is 3.76. The molecule has 2 rings (SSSR count). The van der Waals surface area contributed by atoms with Gasteiger partial charge in [-0.2, -0.15) is 0 Å². The molecular formula is C17H31N. The summed E-state index contributed by atoms with van der Waals surface area (Å²) >= 11 is 0. The third-order valence-electron chi connectivity index (χ3n) is 4.80. The first-order valence-electron chi connectivity index (χ1n) is 8.01. The second kappa shape index (κ2) is 6.75. The van der Waals surface area contributed by atoms with Crippen LogP contribution in [0.15, 0.2) is 11.6 Å². The van der Waals surface area contributed by atoms with Gasteiger partial charge in [0.1, 0.15) is 0 Å². The highest BCUT2D eigenvalue weighted by Gasteiger charge is 2.20. The summed E-state index contributed by atoms with van der Waals surface area (Å²) in [4.78, 5) is 0. The quantitative estimate of drug-likeness (QED) is 0.728. The molecule has 0 heterocycles. The normalized spacial score (nSPS) is 37.4. The first kappa shape index (κ1) is 14.1. The predicted molar refractivity (Wildman–Crippen MR) is 79.6 cm³/mol.